The van der Waals surface area contributed by atoms with Gasteiger partial charge in [0.15, 0.2) is 5.11 Å². The van der Waals surface area contributed by atoms with Gasteiger partial charge in [0.05, 0.1) is 10.8 Å². The van der Waals surface area contributed by atoms with E-state index in [4.69, 9.17) is 12.2 Å². The second-order valence-electron chi connectivity index (χ2n) is 15.1. The highest BCUT2D eigenvalue weighted by molar-refractivity contribution is 7.80. The summed E-state index contributed by atoms with van der Waals surface area (Å²) < 4.78 is 0. The van der Waals surface area contributed by atoms with Crippen molar-refractivity contribution in [1.29, 1.82) is 0 Å². The van der Waals surface area contributed by atoms with Crippen LogP contribution in [-0.2, 0) is 33.6 Å². The molecule has 21 nitrogen and oxygen atoms in total. The molecule has 0 heterocycles. The van der Waals surface area contributed by atoms with Crippen molar-refractivity contribution >= 4 is 87.4 Å². The van der Waals surface area contributed by atoms with Crippen LogP contribution in [0, 0.1) is 0 Å². The van der Waals surface area contributed by atoms with Crippen molar-refractivity contribution in [3.8, 4) is 0 Å². The van der Waals surface area contributed by atoms with Gasteiger partial charge in [0, 0.05) is 103 Å². The number of thiocarbonyl (C=S) groups is 2. The van der Waals surface area contributed by atoms with Crippen molar-refractivity contribution < 1.29 is 54.4 Å². The molecular weight excluding hydrogens is 885 g/mol. The third-order valence-corrected chi connectivity index (χ3v) is 10.0. The Labute approximate surface area is 391 Å². The molecular formula is C42H68N10O11S2. The Balaban J connectivity index is 2.00. The van der Waals surface area contributed by atoms with Gasteiger partial charge in [0.25, 0.3) is 0 Å². The third-order valence-electron chi connectivity index (χ3n) is 9.66. The number of amides is 7. The number of benzene rings is 1. The van der Waals surface area contributed by atoms with E-state index in [1.807, 2.05) is 12.1 Å². The molecule has 364 valence electrons. The minimum absolute atomic E-state index is 0.0615. The minimum Gasteiger partial charge on any atom is -0.362 e. The number of unbranched alkanes of at least 4 members (excludes halogenated alkanes) is 8. The van der Waals surface area contributed by atoms with Crippen molar-refractivity contribution in [3.63, 3.8) is 0 Å². The number of nitrogens with zero attached hydrogens (tertiary/aromatic N) is 5. The Morgan fingerprint density at radius 3 is 1.18 bits per heavy atom. The van der Waals surface area contributed by atoms with Crippen molar-refractivity contribution in [2.75, 3.05) is 57.7 Å². The Morgan fingerprint density at radius 2 is 0.846 bits per heavy atom. The summed E-state index contributed by atoms with van der Waals surface area (Å²) in [6.45, 7) is 3.43. The van der Waals surface area contributed by atoms with E-state index in [1.165, 1.54) is 6.92 Å². The highest BCUT2D eigenvalue weighted by Gasteiger charge is 2.16. The van der Waals surface area contributed by atoms with Gasteiger partial charge in [0.2, 0.25) is 41.4 Å². The van der Waals surface area contributed by atoms with E-state index in [0.29, 0.717) is 121 Å². The Hall–Kier alpha value is -5.16. The lowest BCUT2D eigenvalue weighted by molar-refractivity contribution is -0.166. The number of hydrogen-bond donors (Lipinski definition) is 9. The number of hydroxylamine groups is 8. The zero-order valence-electron chi connectivity index (χ0n) is 37.4. The fraction of sp³-hybridized carbons (Fsp3) is 0.643. The Kier molecular flexibility index (Phi) is 32.1. The summed E-state index contributed by atoms with van der Waals surface area (Å²) >= 11 is 9.88. The Morgan fingerprint density at radius 1 is 0.508 bits per heavy atom. The van der Waals surface area contributed by atoms with Crippen LogP contribution in [0.1, 0.15) is 122 Å². The highest BCUT2D eigenvalue weighted by atomic mass is 32.1. The monoisotopic (exact) mass is 952 g/mol. The normalized spacial score (nSPS) is 10.5. The SMILES string of the molecule is CC(=O)N(O)CCCCCNC(=O)CCC(=O)N(O)CCCCCNC(=O)CCC(=O)N(O)CCCCCNC(=O)CCC(=O)N(O)CCCCCNC(=S)Nc1ccc(N=C=S)cc1. The molecule has 0 radical (unpaired) electrons. The topological polar surface area (TPSA) is 286 Å². The van der Waals surface area contributed by atoms with Crippen LogP contribution in [0.25, 0.3) is 0 Å². The van der Waals surface area contributed by atoms with Crippen LogP contribution in [0.3, 0.4) is 0 Å². The van der Waals surface area contributed by atoms with Gasteiger partial charge in [0.1, 0.15) is 0 Å². The predicted octanol–water partition coefficient (Wildman–Crippen LogP) is 3.97. The van der Waals surface area contributed by atoms with Crippen molar-refractivity contribution in [3.05, 3.63) is 24.3 Å². The molecule has 0 unspecified atom stereocenters. The van der Waals surface area contributed by atoms with Gasteiger partial charge < -0.3 is 26.6 Å². The lowest BCUT2D eigenvalue weighted by Crippen LogP contribution is -2.32. The van der Waals surface area contributed by atoms with Gasteiger partial charge in [-0.15, -0.1) is 0 Å². The number of carbonyl (C=O) groups excluding carboxylic acids is 7. The third kappa shape index (κ3) is 30.6. The molecule has 9 N–H and O–H groups in total. The second kappa shape index (κ2) is 36.1. The van der Waals surface area contributed by atoms with Gasteiger partial charge in [-0.25, -0.2) is 20.3 Å². The molecule has 0 aromatic heterocycles. The van der Waals surface area contributed by atoms with E-state index in [1.54, 1.807) is 12.1 Å². The van der Waals surface area contributed by atoms with E-state index in [-0.39, 0.29) is 82.4 Å². The molecule has 0 atom stereocenters. The molecule has 0 spiro atoms. The minimum atomic E-state index is -0.595. The van der Waals surface area contributed by atoms with Gasteiger partial charge in [-0.2, -0.15) is 4.99 Å². The van der Waals surface area contributed by atoms with Gasteiger partial charge >= 0.3 is 0 Å². The molecule has 1 aromatic rings. The molecule has 0 saturated carbocycles. The summed E-state index contributed by atoms with van der Waals surface area (Å²) in [5.74, 6) is -3.16. The summed E-state index contributed by atoms with van der Waals surface area (Å²) in [4.78, 5) is 87.7. The first-order valence-electron chi connectivity index (χ1n) is 22.1. The maximum Gasteiger partial charge on any atom is 0.246 e. The van der Waals surface area contributed by atoms with Crippen LogP contribution < -0.4 is 26.6 Å². The van der Waals surface area contributed by atoms with Gasteiger partial charge in [-0.05, 0) is 126 Å². The molecule has 1 rings (SSSR count). The number of hydrogen-bond acceptors (Lipinski definition) is 14. The van der Waals surface area contributed by atoms with E-state index >= 15 is 0 Å². The molecule has 23 heteroatoms. The standard InChI is InChI=1S/C42H68N10O11S2/c1-33(53)49(60)28-10-2-6-24-43-36(54)18-21-39(57)50(61)29-11-3-7-25-44-37(55)19-22-40(58)51(62)30-12-4-8-26-45-38(56)20-23-41(59)52(63)31-13-5-9-27-46-42(65)48-35-16-14-34(15-17-35)47-32-64/h14-17,60-63H,2-13,18-31H2,1H3,(H,43,54)(H,44,55)(H,45,56)(H2,46,48,65). The molecule has 0 aliphatic rings. The van der Waals surface area contributed by atoms with E-state index in [9.17, 15) is 54.4 Å². The van der Waals surface area contributed by atoms with E-state index in [0.717, 1.165) is 18.5 Å². The first-order valence-corrected chi connectivity index (χ1v) is 22.9. The summed E-state index contributed by atoms with van der Waals surface area (Å²) in [5, 5.41) is 58.9. The average Bonchev–Trinajstić information content (AvgIpc) is 3.28. The first kappa shape index (κ1) is 57.9. The molecule has 0 fully saturated rings. The summed E-state index contributed by atoms with van der Waals surface area (Å²) in [5.41, 5.74) is 1.49. The van der Waals surface area contributed by atoms with Crippen molar-refractivity contribution in [2.24, 2.45) is 4.99 Å². The fourth-order valence-corrected chi connectivity index (χ4v) is 6.16. The van der Waals surface area contributed by atoms with Gasteiger partial charge in [-0.1, -0.05) is 0 Å². The summed E-state index contributed by atoms with van der Waals surface area (Å²) in [7, 11) is 0. The quantitative estimate of drug-likeness (QED) is 0.0153. The zero-order valence-corrected chi connectivity index (χ0v) is 39.0. The number of anilines is 1. The van der Waals surface area contributed by atoms with Crippen LogP contribution in [-0.4, -0.2) is 145 Å². The van der Waals surface area contributed by atoms with Crippen LogP contribution in [0.4, 0.5) is 11.4 Å². The number of aliphatic imine (C=N–C) groups is 1. The maximum absolute atomic E-state index is 12.2. The lowest BCUT2D eigenvalue weighted by Gasteiger charge is -2.15. The summed E-state index contributed by atoms with van der Waals surface area (Å²) in [6.07, 6.45) is 6.58. The maximum atomic E-state index is 12.2. The molecule has 7 amide bonds. The molecule has 0 aliphatic carbocycles. The highest BCUT2D eigenvalue weighted by Crippen LogP contribution is 2.15. The average molecular weight is 953 g/mol. The molecule has 0 aliphatic heterocycles. The number of isothiocyanates is 1. The van der Waals surface area contributed by atoms with Crippen LogP contribution >= 0.6 is 24.4 Å². The van der Waals surface area contributed by atoms with E-state index < -0.39 is 23.6 Å². The largest absolute Gasteiger partial charge is 0.362 e. The molecule has 1 aromatic carbocycles. The summed E-state index contributed by atoms with van der Waals surface area (Å²) in [6, 6.07) is 7.21. The van der Waals surface area contributed by atoms with E-state index in [2.05, 4.69) is 49.0 Å². The fourth-order valence-electron chi connectivity index (χ4n) is 5.83. The van der Waals surface area contributed by atoms with Crippen LogP contribution in [0.15, 0.2) is 29.3 Å². The molecule has 65 heavy (non-hydrogen) atoms. The van der Waals surface area contributed by atoms with Crippen molar-refractivity contribution in [1.82, 2.24) is 41.5 Å². The molecule has 0 bridgehead atoms. The smallest absolute Gasteiger partial charge is 0.246 e. The van der Waals surface area contributed by atoms with Gasteiger partial charge in [-0.3, -0.25) is 54.4 Å². The van der Waals surface area contributed by atoms with Crippen molar-refractivity contribution in [2.45, 2.75) is 122 Å². The number of rotatable bonds is 35. The number of nitrogens with one attached hydrogen (secondary N) is 5. The zero-order chi connectivity index (χ0) is 48.2. The first-order chi connectivity index (χ1) is 31.1. The lowest BCUT2D eigenvalue weighted by atomic mass is 10.2. The van der Waals surface area contributed by atoms with Crippen LogP contribution in [0.5, 0.6) is 0 Å². The number of carbonyl (C=O) groups is 7. The predicted molar refractivity (Wildman–Crippen MR) is 247 cm³/mol. The van der Waals surface area contributed by atoms with Crippen LogP contribution in [0.2, 0.25) is 0 Å². The molecule has 0 saturated heterocycles. The Bertz CT molecular complexity index is 1690. The second-order valence-corrected chi connectivity index (χ2v) is 15.7.